The van der Waals surface area contributed by atoms with Crippen LogP contribution in [0.5, 0.6) is 0 Å². The van der Waals surface area contributed by atoms with E-state index in [-0.39, 0.29) is 5.91 Å². The number of carbonyl (C=O) groups is 1. The zero-order valence-corrected chi connectivity index (χ0v) is 13.7. The van der Waals surface area contributed by atoms with Crippen LogP contribution in [-0.2, 0) is 4.79 Å². The molecule has 0 unspecified atom stereocenters. The number of aliphatic hydroxyl groups is 1. The molecule has 3 nitrogen and oxygen atoms in total. The fourth-order valence-electron chi connectivity index (χ4n) is 2.82. The Labute approximate surface area is 131 Å². The molecule has 0 atom stereocenters. The molecule has 1 aliphatic carbocycles. The molecule has 2 N–H and O–H groups in total. The molecule has 116 valence electrons. The summed E-state index contributed by atoms with van der Waals surface area (Å²) in [5.74, 6) is 0.608. The second-order valence-electron chi connectivity index (χ2n) is 6.09. The first-order valence-corrected chi connectivity index (χ1v) is 8.63. The highest BCUT2D eigenvalue weighted by Crippen LogP contribution is 2.33. The topological polar surface area (TPSA) is 49.3 Å². The summed E-state index contributed by atoms with van der Waals surface area (Å²) in [6.07, 6.45) is 8.29. The minimum atomic E-state index is -0.714. The minimum Gasteiger partial charge on any atom is -0.388 e. The van der Waals surface area contributed by atoms with Crippen molar-refractivity contribution in [1.29, 1.82) is 0 Å². The average molecular weight is 307 g/mol. The van der Waals surface area contributed by atoms with Crippen LogP contribution in [0, 0.1) is 12.8 Å². The molecule has 1 amide bonds. The fraction of sp³-hybridized carbons (Fsp3) is 0.588. The summed E-state index contributed by atoms with van der Waals surface area (Å²) in [6, 6.07) is 2.04. The highest BCUT2D eigenvalue weighted by atomic mass is 32.1. The Morgan fingerprint density at radius 3 is 2.81 bits per heavy atom. The number of thiophene rings is 1. The van der Waals surface area contributed by atoms with Gasteiger partial charge in [0.05, 0.1) is 5.60 Å². The Balaban J connectivity index is 1.79. The van der Waals surface area contributed by atoms with Gasteiger partial charge in [-0.25, -0.2) is 0 Å². The molecule has 2 rings (SSSR count). The summed E-state index contributed by atoms with van der Waals surface area (Å²) < 4.78 is 0. The van der Waals surface area contributed by atoms with Crippen LogP contribution in [0.3, 0.4) is 0 Å². The van der Waals surface area contributed by atoms with Crippen LogP contribution in [0.25, 0.3) is 6.08 Å². The van der Waals surface area contributed by atoms with E-state index in [2.05, 4.69) is 12.2 Å². The van der Waals surface area contributed by atoms with E-state index >= 15 is 0 Å². The molecule has 1 fully saturated rings. The van der Waals surface area contributed by atoms with E-state index in [0.717, 1.165) is 36.5 Å². The van der Waals surface area contributed by atoms with Crippen LogP contribution in [-0.4, -0.2) is 23.2 Å². The van der Waals surface area contributed by atoms with E-state index in [1.165, 1.54) is 12.0 Å². The van der Waals surface area contributed by atoms with Gasteiger partial charge < -0.3 is 10.4 Å². The molecule has 1 aliphatic rings. The second-order valence-corrected chi connectivity index (χ2v) is 7.04. The molecule has 1 aromatic rings. The SMILES string of the molecule is CCC1CCC(O)(CNC(=O)C=Cc2sccc2C)CC1. The van der Waals surface area contributed by atoms with Crippen molar-refractivity contribution in [2.24, 2.45) is 5.92 Å². The summed E-state index contributed by atoms with van der Waals surface area (Å²) in [5, 5.41) is 15.3. The third kappa shape index (κ3) is 4.68. The maximum absolute atomic E-state index is 11.9. The smallest absolute Gasteiger partial charge is 0.244 e. The van der Waals surface area contributed by atoms with Crippen molar-refractivity contribution in [3.8, 4) is 0 Å². The maximum atomic E-state index is 11.9. The Morgan fingerprint density at radius 1 is 1.52 bits per heavy atom. The van der Waals surface area contributed by atoms with E-state index in [4.69, 9.17) is 0 Å². The van der Waals surface area contributed by atoms with Crippen LogP contribution in [0.2, 0.25) is 0 Å². The lowest BCUT2D eigenvalue weighted by Crippen LogP contribution is -2.45. The Bertz CT molecular complexity index is 499. The van der Waals surface area contributed by atoms with E-state index in [1.54, 1.807) is 17.4 Å². The summed E-state index contributed by atoms with van der Waals surface area (Å²) in [5.41, 5.74) is 0.467. The molecule has 1 heterocycles. The highest BCUT2D eigenvalue weighted by Gasteiger charge is 2.32. The first-order valence-electron chi connectivity index (χ1n) is 7.75. The fourth-order valence-corrected chi connectivity index (χ4v) is 3.64. The predicted octanol–water partition coefficient (Wildman–Crippen LogP) is 3.52. The average Bonchev–Trinajstić information content (AvgIpc) is 2.89. The van der Waals surface area contributed by atoms with Crippen LogP contribution in [0.1, 0.15) is 49.5 Å². The number of amides is 1. The van der Waals surface area contributed by atoms with Gasteiger partial charge in [0.25, 0.3) is 0 Å². The third-order valence-electron chi connectivity index (χ3n) is 4.49. The molecule has 0 aromatic carbocycles. The van der Waals surface area contributed by atoms with Crippen LogP contribution in [0.15, 0.2) is 17.5 Å². The van der Waals surface area contributed by atoms with Gasteiger partial charge in [-0.1, -0.05) is 13.3 Å². The molecule has 1 saturated carbocycles. The Kier molecular flexibility index (Phi) is 5.59. The molecule has 1 aromatic heterocycles. The molecule has 0 saturated heterocycles. The number of aryl methyl sites for hydroxylation is 1. The van der Waals surface area contributed by atoms with Gasteiger partial charge in [-0.15, -0.1) is 11.3 Å². The highest BCUT2D eigenvalue weighted by molar-refractivity contribution is 7.11. The lowest BCUT2D eigenvalue weighted by molar-refractivity contribution is -0.118. The van der Waals surface area contributed by atoms with Crippen LogP contribution >= 0.6 is 11.3 Å². The first-order chi connectivity index (χ1) is 10.0. The van der Waals surface area contributed by atoms with Crippen molar-refractivity contribution in [3.05, 3.63) is 28.0 Å². The zero-order valence-electron chi connectivity index (χ0n) is 12.9. The molecule has 4 heteroatoms. The summed E-state index contributed by atoms with van der Waals surface area (Å²) in [6.45, 7) is 4.59. The van der Waals surface area contributed by atoms with E-state index in [9.17, 15) is 9.90 Å². The summed E-state index contributed by atoms with van der Waals surface area (Å²) >= 11 is 1.62. The van der Waals surface area contributed by atoms with Crippen molar-refractivity contribution in [1.82, 2.24) is 5.32 Å². The molecular weight excluding hydrogens is 282 g/mol. The number of nitrogens with one attached hydrogen (secondary N) is 1. The molecule has 21 heavy (non-hydrogen) atoms. The second kappa shape index (κ2) is 7.23. The monoisotopic (exact) mass is 307 g/mol. The van der Waals surface area contributed by atoms with E-state index < -0.39 is 5.60 Å². The lowest BCUT2D eigenvalue weighted by Gasteiger charge is -2.35. The third-order valence-corrected chi connectivity index (χ3v) is 5.48. The predicted molar refractivity (Wildman–Crippen MR) is 88.3 cm³/mol. The van der Waals surface area contributed by atoms with Gasteiger partial charge in [-0.2, -0.15) is 0 Å². The summed E-state index contributed by atoms with van der Waals surface area (Å²) in [4.78, 5) is 13.0. The van der Waals surface area contributed by atoms with E-state index in [1.807, 2.05) is 24.4 Å². The number of hydrogen-bond acceptors (Lipinski definition) is 3. The zero-order chi connectivity index (χ0) is 15.3. The molecule has 0 radical (unpaired) electrons. The number of hydrogen-bond donors (Lipinski definition) is 2. The van der Waals surface area contributed by atoms with Gasteiger partial charge in [0.1, 0.15) is 0 Å². The maximum Gasteiger partial charge on any atom is 0.244 e. The van der Waals surface area contributed by atoms with Crippen molar-refractivity contribution < 1.29 is 9.90 Å². The van der Waals surface area contributed by atoms with Crippen molar-refractivity contribution in [2.45, 2.75) is 51.6 Å². The van der Waals surface area contributed by atoms with Crippen molar-refractivity contribution in [3.63, 3.8) is 0 Å². The lowest BCUT2D eigenvalue weighted by atomic mass is 9.78. The molecule has 0 bridgehead atoms. The standard InChI is InChI=1S/C17H25NO2S/c1-3-14-6-9-17(20,10-7-14)12-18-16(19)5-4-15-13(2)8-11-21-15/h4-5,8,11,14,20H,3,6-7,9-10,12H2,1-2H3,(H,18,19). The summed E-state index contributed by atoms with van der Waals surface area (Å²) in [7, 11) is 0. The molecular formula is C17H25NO2S. The number of rotatable bonds is 5. The Morgan fingerprint density at radius 2 is 2.24 bits per heavy atom. The first kappa shape index (κ1) is 16.2. The van der Waals surface area contributed by atoms with Crippen LogP contribution < -0.4 is 5.32 Å². The Hall–Kier alpha value is -1.13. The quantitative estimate of drug-likeness (QED) is 0.818. The van der Waals surface area contributed by atoms with Crippen LogP contribution in [0.4, 0.5) is 0 Å². The van der Waals surface area contributed by atoms with E-state index in [0.29, 0.717) is 6.54 Å². The minimum absolute atomic E-state index is 0.131. The van der Waals surface area contributed by atoms with Gasteiger partial charge in [0.15, 0.2) is 0 Å². The van der Waals surface area contributed by atoms with Gasteiger partial charge in [-0.05, 0) is 61.6 Å². The normalized spacial score (nSPS) is 26.1. The van der Waals surface area contributed by atoms with Gasteiger partial charge in [0, 0.05) is 17.5 Å². The van der Waals surface area contributed by atoms with Crippen molar-refractivity contribution in [2.75, 3.05) is 6.54 Å². The van der Waals surface area contributed by atoms with Crippen molar-refractivity contribution >= 4 is 23.3 Å². The van der Waals surface area contributed by atoms with Gasteiger partial charge >= 0.3 is 0 Å². The molecule has 0 spiro atoms. The molecule has 0 aliphatic heterocycles. The largest absolute Gasteiger partial charge is 0.388 e. The van der Waals surface area contributed by atoms with Gasteiger partial charge in [0.2, 0.25) is 5.91 Å². The van der Waals surface area contributed by atoms with Gasteiger partial charge in [-0.3, -0.25) is 4.79 Å². The number of carbonyl (C=O) groups excluding carboxylic acids is 1.